The second kappa shape index (κ2) is 8.88. The summed E-state index contributed by atoms with van der Waals surface area (Å²) in [5.41, 5.74) is -1.36. The van der Waals surface area contributed by atoms with Crippen molar-refractivity contribution in [2.45, 2.75) is 78.0 Å². The van der Waals surface area contributed by atoms with Gasteiger partial charge in [0.1, 0.15) is 11.6 Å². The molecule has 0 bridgehead atoms. The van der Waals surface area contributed by atoms with Gasteiger partial charge in [-0.1, -0.05) is 13.3 Å². The van der Waals surface area contributed by atoms with E-state index >= 15 is 0 Å². The molecule has 1 atom stereocenters. The van der Waals surface area contributed by atoms with Crippen molar-refractivity contribution in [1.29, 1.82) is 0 Å². The smallest absolute Gasteiger partial charge is 0.408 e. The quantitative estimate of drug-likeness (QED) is 0.635. The Morgan fingerprint density at radius 1 is 1.26 bits per heavy atom. The summed E-state index contributed by atoms with van der Waals surface area (Å²) in [6.07, 6.45) is 3.41. The standard InChI is InChI=1S/C18H30N4O5/c1-7-8-12(20-16(26)27-17(2,3)4)15(25)21-13-10-22(11-19-13)18(5,6)9-14(23)24/h10-12H,7-9H2,1-6H3,(H,20,26)(H,21,25)(H,23,24). The van der Waals surface area contributed by atoms with Crippen LogP contribution in [0.1, 0.15) is 60.8 Å². The van der Waals surface area contributed by atoms with Crippen molar-refractivity contribution in [3.8, 4) is 0 Å². The Labute approximate surface area is 159 Å². The van der Waals surface area contributed by atoms with Crippen LogP contribution in [-0.2, 0) is 19.9 Å². The first-order chi connectivity index (χ1) is 12.3. The Bertz CT molecular complexity index is 676. The van der Waals surface area contributed by atoms with Crippen molar-refractivity contribution in [1.82, 2.24) is 14.9 Å². The van der Waals surface area contributed by atoms with Gasteiger partial charge in [-0.05, 0) is 41.0 Å². The largest absolute Gasteiger partial charge is 0.481 e. The third kappa shape index (κ3) is 7.67. The minimum atomic E-state index is -0.927. The average molecular weight is 382 g/mol. The lowest BCUT2D eigenvalue weighted by Gasteiger charge is -2.24. The fraction of sp³-hybridized carbons (Fsp3) is 0.667. The molecule has 0 saturated carbocycles. The summed E-state index contributed by atoms with van der Waals surface area (Å²) in [6, 6.07) is -0.762. The molecule has 0 aliphatic heterocycles. The van der Waals surface area contributed by atoms with Crippen molar-refractivity contribution < 1.29 is 24.2 Å². The number of rotatable bonds is 8. The molecule has 27 heavy (non-hydrogen) atoms. The van der Waals surface area contributed by atoms with Gasteiger partial charge in [0.05, 0.1) is 18.3 Å². The van der Waals surface area contributed by atoms with Gasteiger partial charge in [0, 0.05) is 6.20 Å². The first-order valence-electron chi connectivity index (χ1n) is 8.90. The number of imidazole rings is 1. The number of nitrogens with zero attached hydrogens (tertiary/aromatic N) is 2. The van der Waals surface area contributed by atoms with E-state index in [0.717, 1.165) is 0 Å². The minimum absolute atomic E-state index is 0.0879. The summed E-state index contributed by atoms with van der Waals surface area (Å²) in [5, 5.41) is 14.2. The van der Waals surface area contributed by atoms with E-state index in [0.29, 0.717) is 12.8 Å². The summed E-state index contributed by atoms with van der Waals surface area (Å²) in [4.78, 5) is 39.6. The van der Waals surface area contributed by atoms with E-state index in [4.69, 9.17) is 9.84 Å². The highest BCUT2D eigenvalue weighted by Gasteiger charge is 2.26. The van der Waals surface area contributed by atoms with Gasteiger partial charge in [0.2, 0.25) is 5.91 Å². The van der Waals surface area contributed by atoms with Gasteiger partial charge in [-0.3, -0.25) is 9.59 Å². The maximum atomic E-state index is 12.5. The number of hydrogen-bond donors (Lipinski definition) is 3. The number of amides is 2. The highest BCUT2D eigenvalue weighted by atomic mass is 16.6. The number of anilines is 1. The van der Waals surface area contributed by atoms with E-state index in [-0.39, 0.29) is 12.2 Å². The van der Waals surface area contributed by atoms with E-state index in [9.17, 15) is 14.4 Å². The van der Waals surface area contributed by atoms with Crippen LogP contribution in [0.3, 0.4) is 0 Å². The van der Waals surface area contributed by atoms with Gasteiger partial charge >= 0.3 is 12.1 Å². The zero-order valence-corrected chi connectivity index (χ0v) is 16.8. The molecule has 0 aliphatic carbocycles. The molecule has 9 heteroatoms. The first kappa shape index (κ1) is 22.5. The molecule has 1 unspecified atom stereocenters. The number of carboxylic acids is 1. The van der Waals surface area contributed by atoms with Gasteiger partial charge in [-0.25, -0.2) is 9.78 Å². The van der Waals surface area contributed by atoms with Crippen LogP contribution in [0.15, 0.2) is 12.5 Å². The fourth-order valence-electron chi connectivity index (χ4n) is 2.40. The maximum Gasteiger partial charge on any atom is 0.408 e. The van der Waals surface area contributed by atoms with Gasteiger partial charge in [-0.15, -0.1) is 0 Å². The van der Waals surface area contributed by atoms with Crippen LogP contribution >= 0.6 is 0 Å². The number of ether oxygens (including phenoxy) is 1. The van der Waals surface area contributed by atoms with Gasteiger partial charge in [-0.2, -0.15) is 0 Å². The molecule has 1 aromatic rings. The van der Waals surface area contributed by atoms with Gasteiger partial charge in [0.15, 0.2) is 5.82 Å². The normalized spacial score (nSPS) is 13.0. The molecule has 0 fully saturated rings. The van der Waals surface area contributed by atoms with E-state index in [2.05, 4.69) is 15.6 Å². The lowest BCUT2D eigenvalue weighted by Crippen LogP contribution is -2.45. The van der Waals surface area contributed by atoms with Crippen molar-refractivity contribution in [2.75, 3.05) is 5.32 Å². The van der Waals surface area contributed by atoms with Crippen LogP contribution in [0, 0.1) is 0 Å². The van der Waals surface area contributed by atoms with Crippen LogP contribution in [0.25, 0.3) is 0 Å². The second-order valence-corrected chi connectivity index (χ2v) is 8.03. The Morgan fingerprint density at radius 2 is 1.89 bits per heavy atom. The number of hydrogen-bond acceptors (Lipinski definition) is 5. The van der Waals surface area contributed by atoms with E-state index < -0.39 is 35.2 Å². The van der Waals surface area contributed by atoms with Crippen LogP contribution in [-0.4, -0.2) is 44.3 Å². The summed E-state index contributed by atoms with van der Waals surface area (Å²) in [7, 11) is 0. The summed E-state index contributed by atoms with van der Waals surface area (Å²) >= 11 is 0. The van der Waals surface area contributed by atoms with Gasteiger partial charge in [0.25, 0.3) is 0 Å². The average Bonchev–Trinajstić information content (AvgIpc) is 2.92. The number of nitrogens with one attached hydrogen (secondary N) is 2. The van der Waals surface area contributed by atoms with Crippen molar-refractivity contribution in [3.05, 3.63) is 12.5 Å². The second-order valence-electron chi connectivity index (χ2n) is 8.03. The van der Waals surface area contributed by atoms with Crippen molar-refractivity contribution in [2.24, 2.45) is 0 Å². The minimum Gasteiger partial charge on any atom is -0.481 e. The molecule has 3 N–H and O–H groups in total. The lowest BCUT2D eigenvalue weighted by atomic mass is 10.0. The predicted octanol–water partition coefficient (Wildman–Crippen LogP) is 2.72. The Kier molecular flexibility index (Phi) is 7.38. The number of carboxylic acid groups (broad SMARTS) is 1. The maximum absolute atomic E-state index is 12.5. The fourth-order valence-corrected chi connectivity index (χ4v) is 2.40. The van der Waals surface area contributed by atoms with Crippen LogP contribution < -0.4 is 10.6 Å². The molecule has 1 rings (SSSR count). The Hall–Kier alpha value is -2.58. The zero-order valence-electron chi connectivity index (χ0n) is 16.8. The van der Waals surface area contributed by atoms with E-state index in [1.807, 2.05) is 6.92 Å². The summed E-state index contributed by atoms with van der Waals surface area (Å²) in [5.74, 6) is -1.06. The Balaban J connectivity index is 2.79. The Morgan fingerprint density at radius 3 is 2.41 bits per heavy atom. The molecular formula is C18H30N4O5. The van der Waals surface area contributed by atoms with Crippen LogP contribution in [0.4, 0.5) is 10.6 Å². The molecule has 0 aliphatic rings. The van der Waals surface area contributed by atoms with Crippen molar-refractivity contribution >= 4 is 23.8 Å². The molecule has 0 saturated heterocycles. The molecule has 1 aromatic heterocycles. The SMILES string of the molecule is CCCC(NC(=O)OC(C)(C)C)C(=O)Nc1cn(C(C)(C)CC(=O)O)cn1. The highest BCUT2D eigenvalue weighted by Crippen LogP contribution is 2.21. The topological polar surface area (TPSA) is 123 Å². The summed E-state index contributed by atoms with van der Waals surface area (Å²) < 4.78 is 6.83. The van der Waals surface area contributed by atoms with Crippen LogP contribution in [0.5, 0.6) is 0 Å². The first-order valence-corrected chi connectivity index (χ1v) is 8.90. The third-order valence-corrected chi connectivity index (χ3v) is 3.70. The highest BCUT2D eigenvalue weighted by molar-refractivity contribution is 5.95. The molecule has 1 heterocycles. The molecular weight excluding hydrogens is 352 g/mol. The number of carbonyl (C=O) groups excluding carboxylic acids is 2. The number of aliphatic carboxylic acids is 1. The molecule has 9 nitrogen and oxygen atoms in total. The molecule has 0 aromatic carbocycles. The molecule has 0 spiro atoms. The van der Waals surface area contributed by atoms with Gasteiger partial charge < -0.3 is 25.0 Å². The lowest BCUT2D eigenvalue weighted by molar-refractivity contribution is -0.139. The monoisotopic (exact) mass is 382 g/mol. The third-order valence-electron chi connectivity index (χ3n) is 3.70. The molecule has 2 amide bonds. The van der Waals surface area contributed by atoms with E-state index in [1.165, 1.54) is 6.33 Å². The molecule has 152 valence electrons. The summed E-state index contributed by atoms with van der Waals surface area (Å²) in [6.45, 7) is 10.7. The van der Waals surface area contributed by atoms with Crippen molar-refractivity contribution in [3.63, 3.8) is 0 Å². The number of alkyl carbamates (subject to hydrolysis) is 1. The number of aromatic nitrogens is 2. The number of carbonyl (C=O) groups is 3. The van der Waals surface area contributed by atoms with Crippen LogP contribution in [0.2, 0.25) is 0 Å². The zero-order chi connectivity index (χ0) is 20.8. The molecule has 0 radical (unpaired) electrons. The van der Waals surface area contributed by atoms with E-state index in [1.54, 1.807) is 45.4 Å². The predicted molar refractivity (Wildman–Crippen MR) is 100 cm³/mol.